The SMILES string of the molecule is Cc1cc(-c2ccn3nc(NC(=O)C4CC4)cc3c2)c(OC2CC3CCC(C2)N3C)cn1. The molecular formula is C25H29N5O2. The molecular weight excluding hydrogens is 402 g/mol. The van der Waals surface area contributed by atoms with Crippen LogP contribution in [0, 0.1) is 12.8 Å². The molecule has 2 atom stereocenters. The molecule has 1 aliphatic carbocycles. The highest BCUT2D eigenvalue weighted by atomic mass is 16.5. The van der Waals surface area contributed by atoms with Crippen molar-refractivity contribution in [2.24, 2.45) is 5.92 Å². The fourth-order valence-corrected chi connectivity index (χ4v) is 5.30. The third-order valence-corrected chi connectivity index (χ3v) is 7.33. The summed E-state index contributed by atoms with van der Waals surface area (Å²) in [4.78, 5) is 19.1. The number of aromatic nitrogens is 3. The summed E-state index contributed by atoms with van der Waals surface area (Å²) in [6.45, 7) is 2.01. The summed E-state index contributed by atoms with van der Waals surface area (Å²) in [5.74, 6) is 1.67. The summed E-state index contributed by atoms with van der Waals surface area (Å²) in [7, 11) is 2.25. The molecule has 32 heavy (non-hydrogen) atoms. The summed E-state index contributed by atoms with van der Waals surface area (Å²) in [6.07, 6.45) is 10.7. The van der Waals surface area contributed by atoms with Crippen LogP contribution in [0.3, 0.4) is 0 Å². The standard InChI is InChI=1S/C25H29N5O2/c1-15-9-22(23(14-26-15)32-21-11-18-5-6-19(12-21)29(18)2)17-7-8-30-20(10-17)13-24(28-30)27-25(31)16-3-4-16/h7-10,13-14,16,18-19,21H,3-6,11-12H2,1-2H3,(H,27,28,31). The van der Waals surface area contributed by atoms with E-state index in [0.29, 0.717) is 17.9 Å². The Morgan fingerprint density at radius 2 is 1.91 bits per heavy atom. The minimum Gasteiger partial charge on any atom is -0.488 e. The predicted octanol–water partition coefficient (Wildman–Crippen LogP) is 4.06. The molecule has 1 N–H and O–H groups in total. The van der Waals surface area contributed by atoms with E-state index in [9.17, 15) is 4.79 Å². The average molecular weight is 432 g/mol. The van der Waals surface area contributed by atoms with E-state index >= 15 is 0 Å². The lowest BCUT2D eigenvalue weighted by atomic mass is 10.00. The average Bonchev–Trinajstić information content (AvgIpc) is 3.52. The summed E-state index contributed by atoms with van der Waals surface area (Å²) in [5, 5.41) is 7.43. The molecule has 2 bridgehead atoms. The first kappa shape index (κ1) is 19.7. The lowest BCUT2D eigenvalue weighted by Crippen LogP contribution is -2.43. The van der Waals surface area contributed by atoms with Gasteiger partial charge in [-0.1, -0.05) is 0 Å². The molecule has 0 radical (unpaired) electrons. The highest BCUT2D eigenvalue weighted by molar-refractivity contribution is 5.93. The molecule has 0 spiro atoms. The largest absolute Gasteiger partial charge is 0.488 e. The van der Waals surface area contributed by atoms with Crippen molar-refractivity contribution in [3.8, 4) is 16.9 Å². The van der Waals surface area contributed by atoms with Crippen LogP contribution in [0.15, 0.2) is 36.7 Å². The van der Waals surface area contributed by atoms with Crippen molar-refractivity contribution in [2.45, 2.75) is 63.6 Å². The third-order valence-electron chi connectivity index (χ3n) is 7.33. The molecule has 2 saturated heterocycles. The summed E-state index contributed by atoms with van der Waals surface area (Å²) in [5.41, 5.74) is 4.01. The number of hydrogen-bond acceptors (Lipinski definition) is 5. The molecule has 5 heterocycles. The molecule has 1 amide bonds. The molecule has 2 unspecified atom stereocenters. The Morgan fingerprint density at radius 1 is 1.12 bits per heavy atom. The van der Waals surface area contributed by atoms with Gasteiger partial charge in [0.05, 0.1) is 11.7 Å². The number of anilines is 1. The van der Waals surface area contributed by atoms with Crippen LogP contribution < -0.4 is 10.1 Å². The summed E-state index contributed by atoms with van der Waals surface area (Å²) in [6, 6.07) is 9.43. The van der Waals surface area contributed by atoms with Crippen molar-refractivity contribution in [1.82, 2.24) is 19.5 Å². The highest BCUT2D eigenvalue weighted by Crippen LogP contribution is 2.38. The molecule has 3 aromatic heterocycles. The summed E-state index contributed by atoms with van der Waals surface area (Å²) >= 11 is 0. The predicted molar refractivity (Wildman–Crippen MR) is 123 cm³/mol. The Kier molecular flexibility index (Phi) is 4.68. The van der Waals surface area contributed by atoms with Crippen molar-refractivity contribution < 1.29 is 9.53 Å². The smallest absolute Gasteiger partial charge is 0.228 e. The van der Waals surface area contributed by atoms with Crippen LogP contribution in [0.1, 0.15) is 44.2 Å². The molecule has 3 fully saturated rings. The van der Waals surface area contributed by atoms with Crippen LogP contribution in [0.2, 0.25) is 0 Å². The van der Waals surface area contributed by atoms with E-state index in [-0.39, 0.29) is 17.9 Å². The Balaban J connectivity index is 1.28. The Hall–Kier alpha value is -2.93. The second kappa shape index (κ2) is 7.59. The van der Waals surface area contributed by atoms with Gasteiger partial charge in [0, 0.05) is 41.5 Å². The van der Waals surface area contributed by atoms with Crippen LogP contribution in [0.25, 0.3) is 16.6 Å². The van der Waals surface area contributed by atoms with E-state index in [1.165, 1.54) is 12.8 Å². The van der Waals surface area contributed by atoms with Gasteiger partial charge in [-0.25, -0.2) is 4.52 Å². The number of rotatable bonds is 5. The molecule has 7 heteroatoms. The second-order valence-corrected chi connectivity index (χ2v) is 9.66. The molecule has 7 nitrogen and oxygen atoms in total. The molecule has 2 aliphatic heterocycles. The van der Waals surface area contributed by atoms with Gasteiger partial charge < -0.3 is 15.0 Å². The minimum absolute atomic E-state index is 0.0705. The normalized spacial score (nSPS) is 25.2. The van der Waals surface area contributed by atoms with Crippen molar-refractivity contribution in [3.63, 3.8) is 0 Å². The zero-order valence-electron chi connectivity index (χ0n) is 18.6. The highest BCUT2D eigenvalue weighted by Gasteiger charge is 2.39. The van der Waals surface area contributed by atoms with E-state index < -0.39 is 0 Å². The number of hydrogen-bond donors (Lipinski definition) is 1. The molecule has 1 saturated carbocycles. The van der Waals surface area contributed by atoms with Crippen molar-refractivity contribution in [3.05, 3.63) is 42.4 Å². The fraction of sp³-hybridized carbons (Fsp3) is 0.480. The Labute approximate surface area is 187 Å². The summed E-state index contributed by atoms with van der Waals surface area (Å²) < 4.78 is 8.36. The van der Waals surface area contributed by atoms with E-state index in [1.807, 2.05) is 31.5 Å². The number of amides is 1. The fourth-order valence-electron chi connectivity index (χ4n) is 5.30. The minimum atomic E-state index is 0.0705. The van der Waals surface area contributed by atoms with Crippen LogP contribution in [0.5, 0.6) is 5.75 Å². The van der Waals surface area contributed by atoms with E-state index in [2.05, 4.69) is 39.5 Å². The lowest BCUT2D eigenvalue weighted by molar-refractivity contribution is -0.117. The van der Waals surface area contributed by atoms with Gasteiger partial charge in [0.25, 0.3) is 0 Å². The Morgan fingerprint density at radius 3 is 2.66 bits per heavy atom. The number of fused-ring (bicyclic) bond motifs is 3. The topological polar surface area (TPSA) is 71.8 Å². The van der Waals surface area contributed by atoms with Gasteiger partial charge >= 0.3 is 0 Å². The van der Waals surface area contributed by atoms with Crippen LogP contribution in [-0.4, -0.2) is 50.6 Å². The molecule has 166 valence electrons. The van der Waals surface area contributed by atoms with E-state index in [0.717, 1.165) is 53.8 Å². The molecule has 3 aliphatic rings. The number of piperidine rings is 1. The zero-order valence-corrected chi connectivity index (χ0v) is 18.6. The van der Waals surface area contributed by atoms with Crippen LogP contribution in [0.4, 0.5) is 5.82 Å². The van der Waals surface area contributed by atoms with Crippen molar-refractivity contribution in [2.75, 3.05) is 12.4 Å². The van der Waals surface area contributed by atoms with Gasteiger partial charge in [-0.15, -0.1) is 0 Å². The number of ether oxygens (including phenoxy) is 1. The maximum absolute atomic E-state index is 12.1. The number of nitrogens with one attached hydrogen (secondary N) is 1. The van der Waals surface area contributed by atoms with Gasteiger partial charge in [-0.3, -0.25) is 9.78 Å². The first-order valence-electron chi connectivity index (χ1n) is 11.7. The number of carbonyl (C=O) groups is 1. The molecule has 6 rings (SSSR count). The monoisotopic (exact) mass is 431 g/mol. The lowest BCUT2D eigenvalue weighted by Gasteiger charge is -2.36. The van der Waals surface area contributed by atoms with E-state index in [1.54, 1.807) is 4.52 Å². The number of nitrogens with zero attached hydrogens (tertiary/aromatic N) is 4. The molecule has 0 aromatic carbocycles. The van der Waals surface area contributed by atoms with Crippen molar-refractivity contribution in [1.29, 1.82) is 0 Å². The van der Waals surface area contributed by atoms with Gasteiger partial charge in [0.15, 0.2) is 5.82 Å². The third kappa shape index (κ3) is 3.64. The van der Waals surface area contributed by atoms with Crippen LogP contribution >= 0.6 is 0 Å². The maximum atomic E-state index is 12.1. The van der Waals surface area contributed by atoms with Crippen LogP contribution in [-0.2, 0) is 4.79 Å². The first-order chi connectivity index (χ1) is 15.5. The first-order valence-corrected chi connectivity index (χ1v) is 11.7. The van der Waals surface area contributed by atoms with Crippen molar-refractivity contribution >= 4 is 17.2 Å². The number of carbonyl (C=O) groups excluding carboxylic acids is 1. The van der Waals surface area contributed by atoms with Gasteiger partial charge in [-0.2, -0.15) is 5.10 Å². The number of pyridine rings is 2. The molecule has 3 aromatic rings. The number of aryl methyl sites for hydroxylation is 1. The Bertz CT molecular complexity index is 1170. The van der Waals surface area contributed by atoms with Gasteiger partial charge in [-0.05, 0) is 76.3 Å². The quantitative estimate of drug-likeness (QED) is 0.660. The second-order valence-electron chi connectivity index (χ2n) is 9.66. The van der Waals surface area contributed by atoms with Gasteiger partial charge in [0.2, 0.25) is 5.91 Å². The maximum Gasteiger partial charge on any atom is 0.228 e. The van der Waals surface area contributed by atoms with E-state index in [4.69, 9.17) is 4.74 Å². The zero-order chi connectivity index (χ0) is 21.8. The van der Waals surface area contributed by atoms with Gasteiger partial charge in [0.1, 0.15) is 11.9 Å².